The third-order valence-corrected chi connectivity index (χ3v) is 7.98. The second-order valence-electron chi connectivity index (χ2n) is 10.1. The fourth-order valence-corrected chi connectivity index (χ4v) is 6.44. The van der Waals surface area contributed by atoms with E-state index in [4.69, 9.17) is 4.74 Å². The van der Waals surface area contributed by atoms with Crippen molar-refractivity contribution in [3.8, 4) is 0 Å². The molecule has 2 aromatic rings. The second kappa shape index (κ2) is 7.84. The van der Waals surface area contributed by atoms with Crippen LogP contribution in [0.1, 0.15) is 48.3 Å². The zero-order valence-corrected chi connectivity index (χ0v) is 18.9. The Kier molecular flexibility index (Phi) is 4.91. The van der Waals surface area contributed by atoms with E-state index in [0.717, 1.165) is 36.8 Å². The summed E-state index contributed by atoms with van der Waals surface area (Å²) in [6, 6.07) is 17.9. The summed E-state index contributed by atoms with van der Waals surface area (Å²) in [7, 11) is 0. The first-order valence-electron chi connectivity index (χ1n) is 12.2. The Morgan fingerprint density at radius 2 is 1.82 bits per heavy atom. The number of hydrogen-bond donors (Lipinski definition) is 1. The van der Waals surface area contributed by atoms with Crippen molar-refractivity contribution in [2.75, 3.05) is 0 Å². The monoisotopic (exact) mass is 442 g/mol. The number of benzene rings is 2. The number of carbonyl (C=O) groups excluding carboxylic acids is 2. The number of carbonyl (C=O) groups is 2. The molecule has 3 fully saturated rings. The Balaban J connectivity index is 1.39. The van der Waals surface area contributed by atoms with Crippen LogP contribution in [0.5, 0.6) is 0 Å². The normalized spacial score (nSPS) is 32.5. The summed E-state index contributed by atoms with van der Waals surface area (Å²) in [5.74, 6) is -0.528. The van der Waals surface area contributed by atoms with Crippen molar-refractivity contribution in [3.05, 3.63) is 83.4 Å². The lowest BCUT2D eigenvalue weighted by molar-refractivity contribution is -0.140. The number of nitrogens with zero attached hydrogens (tertiary/aromatic N) is 1. The third-order valence-electron chi connectivity index (χ3n) is 7.98. The molecule has 0 radical (unpaired) electrons. The summed E-state index contributed by atoms with van der Waals surface area (Å²) < 4.78 is 6.57. The molecule has 3 aliphatic heterocycles. The van der Waals surface area contributed by atoms with Gasteiger partial charge in [0.05, 0.1) is 12.0 Å². The molecule has 2 bridgehead atoms. The molecule has 5 nitrogen and oxygen atoms in total. The van der Waals surface area contributed by atoms with Crippen LogP contribution in [-0.4, -0.2) is 40.5 Å². The molecule has 6 rings (SSSR count). The molecule has 2 saturated heterocycles. The molecule has 1 spiro atoms. The fourth-order valence-electron chi connectivity index (χ4n) is 6.44. The molecule has 3 heterocycles. The first-order valence-corrected chi connectivity index (χ1v) is 12.2. The lowest BCUT2D eigenvalue weighted by atomic mass is 9.72. The summed E-state index contributed by atoms with van der Waals surface area (Å²) in [4.78, 5) is 29.5. The molecular formula is C28H30N2O3. The van der Waals surface area contributed by atoms with E-state index < -0.39 is 11.6 Å². The summed E-state index contributed by atoms with van der Waals surface area (Å²) in [5, 5.41) is 3.26. The van der Waals surface area contributed by atoms with E-state index in [-0.39, 0.29) is 35.8 Å². The van der Waals surface area contributed by atoms with E-state index in [1.54, 1.807) is 4.90 Å². The average molecular weight is 443 g/mol. The zero-order valence-electron chi connectivity index (χ0n) is 18.9. The fraction of sp³-hybridized carbons (Fsp3) is 0.429. The maximum absolute atomic E-state index is 14.0. The number of nitrogens with one attached hydrogen (secondary N) is 1. The molecule has 33 heavy (non-hydrogen) atoms. The van der Waals surface area contributed by atoms with Gasteiger partial charge in [0.1, 0.15) is 11.6 Å². The standard InChI is InChI=1S/C28H30N2O3/c1-18-11-13-19(14-12-18)17-30-25(26(31)29-21-9-5-6-10-21)28-16-15-22(33-28)23(24(28)27(30)32)20-7-3-2-4-8-20/h2-4,7-8,11-16,21-25H,5-6,9-10,17H2,1H3,(H,29,31)/t22-,23+,24-,25+,28+/m1/s1. The van der Waals surface area contributed by atoms with Crippen LogP contribution in [-0.2, 0) is 20.9 Å². The molecule has 0 aromatic heterocycles. The van der Waals surface area contributed by atoms with E-state index in [0.29, 0.717) is 6.54 Å². The number of likely N-dealkylation sites (tertiary alicyclic amines) is 1. The smallest absolute Gasteiger partial charge is 0.246 e. The van der Waals surface area contributed by atoms with Crippen LogP contribution < -0.4 is 5.32 Å². The van der Waals surface area contributed by atoms with Gasteiger partial charge in [0.25, 0.3) is 0 Å². The Hall–Kier alpha value is -2.92. The molecule has 5 heteroatoms. The number of ether oxygens (including phenoxy) is 1. The molecular weight excluding hydrogens is 412 g/mol. The Morgan fingerprint density at radius 1 is 1.09 bits per heavy atom. The van der Waals surface area contributed by atoms with E-state index in [1.807, 2.05) is 43.3 Å². The number of hydrogen-bond acceptors (Lipinski definition) is 3. The SMILES string of the molecule is Cc1ccc(CN2C(=O)[C@H]3[C@@H](c4ccccc4)[C@H]4C=C[C@@]3(O4)[C@@H]2C(=O)NC2CCCC2)cc1. The van der Waals surface area contributed by atoms with E-state index in [1.165, 1.54) is 5.56 Å². The van der Waals surface area contributed by atoms with Gasteiger partial charge in [0, 0.05) is 18.5 Å². The molecule has 1 saturated carbocycles. The van der Waals surface area contributed by atoms with Crippen LogP contribution in [0.2, 0.25) is 0 Å². The van der Waals surface area contributed by atoms with Crippen LogP contribution in [0.3, 0.4) is 0 Å². The minimum absolute atomic E-state index is 0.0165. The number of fused-ring (bicyclic) bond motifs is 1. The van der Waals surface area contributed by atoms with Crippen LogP contribution >= 0.6 is 0 Å². The lowest BCUT2D eigenvalue weighted by Crippen LogP contribution is -2.55. The number of rotatable bonds is 5. The van der Waals surface area contributed by atoms with Crippen molar-refractivity contribution in [3.63, 3.8) is 0 Å². The van der Waals surface area contributed by atoms with Crippen LogP contribution in [0.15, 0.2) is 66.7 Å². The maximum atomic E-state index is 14.0. The van der Waals surface area contributed by atoms with Gasteiger partial charge in [-0.2, -0.15) is 0 Å². The van der Waals surface area contributed by atoms with E-state index in [2.05, 4.69) is 35.7 Å². The quantitative estimate of drug-likeness (QED) is 0.715. The summed E-state index contributed by atoms with van der Waals surface area (Å²) in [6.07, 6.45) is 8.19. The minimum atomic E-state index is -0.907. The summed E-state index contributed by atoms with van der Waals surface area (Å²) in [5.41, 5.74) is 2.39. The maximum Gasteiger partial charge on any atom is 0.246 e. The van der Waals surface area contributed by atoms with Crippen molar-refractivity contribution in [1.82, 2.24) is 10.2 Å². The van der Waals surface area contributed by atoms with Crippen LogP contribution in [0, 0.1) is 12.8 Å². The average Bonchev–Trinajstić information content (AvgIpc) is 3.59. The molecule has 0 unspecified atom stereocenters. The predicted octanol–water partition coefficient (Wildman–Crippen LogP) is 3.87. The second-order valence-corrected chi connectivity index (χ2v) is 10.1. The van der Waals surface area contributed by atoms with Crippen molar-refractivity contribution in [2.45, 2.75) is 68.9 Å². The molecule has 4 aliphatic rings. The van der Waals surface area contributed by atoms with Gasteiger partial charge >= 0.3 is 0 Å². The van der Waals surface area contributed by atoms with Crippen molar-refractivity contribution in [2.24, 2.45) is 5.92 Å². The minimum Gasteiger partial charge on any atom is -0.359 e. The van der Waals surface area contributed by atoms with Gasteiger partial charge in [-0.3, -0.25) is 9.59 Å². The molecule has 1 aliphatic carbocycles. The first kappa shape index (κ1) is 20.7. The largest absolute Gasteiger partial charge is 0.359 e. The molecule has 5 atom stereocenters. The topological polar surface area (TPSA) is 58.6 Å². The Labute approximate surface area is 194 Å². The lowest BCUT2D eigenvalue weighted by Gasteiger charge is -2.33. The molecule has 2 amide bonds. The van der Waals surface area contributed by atoms with Crippen molar-refractivity contribution < 1.29 is 14.3 Å². The highest BCUT2D eigenvalue weighted by Gasteiger charge is 2.71. The summed E-state index contributed by atoms with van der Waals surface area (Å²) in [6.45, 7) is 2.46. The molecule has 170 valence electrons. The number of amides is 2. The molecule has 2 aromatic carbocycles. The highest BCUT2D eigenvalue weighted by atomic mass is 16.5. The highest BCUT2D eigenvalue weighted by molar-refractivity contribution is 5.97. The van der Waals surface area contributed by atoms with Gasteiger partial charge in [0.2, 0.25) is 11.8 Å². The van der Waals surface area contributed by atoms with Crippen molar-refractivity contribution >= 4 is 11.8 Å². The van der Waals surface area contributed by atoms with Gasteiger partial charge < -0.3 is 15.0 Å². The van der Waals surface area contributed by atoms with Gasteiger partial charge in [-0.1, -0.05) is 85.2 Å². The van der Waals surface area contributed by atoms with E-state index >= 15 is 0 Å². The number of aryl methyl sites for hydroxylation is 1. The van der Waals surface area contributed by atoms with Gasteiger partial charge in [-0.05, 0) is 30.9 Å². The van der Waals surface area contributed by atoms with Gasteiger partial charge in [-0.15, -0.1) is 0 Å². The first-order chi connectivity index (χ1) is 16.1. The van der Waals surface area contributed by atoms with Crippen LogP contribution in [0.4, 0.5) is 0 Å². The molecule has 1 N–H and O–H groups in total. The van der Waals surface area contributed by atoms with Gasteiger partial charge in [-0.25, -0.2) is 0 Å². The Morgan fingerprint density at radius 3 is 2.55 bits per heavy atom. The predicted molar refractivity (Wildman–Crippen MR) is 125 cm³/mol. The zero-order chi connectivity index (χ0) is 22.6. The summed E-state index contributed by atoms with van der Waals surface area (Å²) >= 11 is 0. The van der Waals surface area contributed by atoms with Crippen LogP contribution in [0.25, 0.3) is 0 Å². The van der Waals surface area contributed by atoms with Gasteiger partial charge in [0.15, 0.2) is 0 Å². The Bertz CT molecular complexity index is 1090. The third kappa shape index (κ3) is 3.24. The highest BCUT2D eigenvalue weighted by Crippen LogP contribution is 2.58. The van der Waals surface area contributed by atoms with Crippen molar-refractivity contribution in [1.29, 1.82) is 0 Å². The van der Waals surface area contributed by atoms with E-state index in [9.17, 15) is 9.59 Å².